The number of pyridine rings is 1. The van der Waals surface area contributed by atoms with Crippen LogP contribution >= 0.6 is 45.8 Å². The van der Waals surface area contributed by atoms with Crippen molar-refractivity contribution in [3.8, 4) is 0 Å². The normalized spacial score (nSPS) is 10.6. The third-order valence-electron chi connectivity index (χ3n) is 2.21. The molecule has 0 unspecified atom stereocenters. The fourth-order valence-electron chi connectivity index (χ4n) is 1.43. The van der Waals surface area contributed by atoms with E-state index in [9.17, 15) is 0 Å². The molecule has 0 aliphatic rings. The second-order valence-corrected chi connectivity index (χ2v) is 5.30. The first-order chi connectivity index (χ1) is 8.06. The van der Waals surface area contributed by atoms with E-state index in [1.54, 1.807) is 6.07 Å². The highest BCUT2D eigenvalue weighted by atomic mass is 127. The Morgan fingerprint density at radius 3 is 2.76 bits per heavy atom. The van der Waals surface area contributed by atoms with Crippen LogP contribution in [0.2, 0.25) is 10.3 Å². The fraction of sp³-hybridized carbons (Fsp3) is 0.182. The molecule has 2 heterocycles. The third-order valence-corrected chi connectivity index (χ3v) is 3.26. The van der Waals surface area contributed by atoms with E-state index in [0.717, 1.165) is 20.8 Å². The average molecular weight is 383 g/mol. The molecule has 0 spiro atoms. The molecule has 6 heteroatoms. The van der Waals surface area contributed by atoms with Crippen LogP contribution in [0.25, 0.3) is 0 Å². The number of halogens is 3. The van der Waals surface area contributed by atoms with Gasteiger partial charge in [-0.2, -0.15) is 0 Å². The summed E-state index contributed by atoms with van der Waals surface area (Å²) >= 11 is 13.9. The number of aromatic nitrogens is 1. The average Bonchev–Trinajstić information content (AvgIpc) is 2.62. The van der Waals surface area contributed by atoms with E-state index in [1.807, 2.05) is 19.1 Å². The first kappa shape index (κ1) is 13.0. The first-order valence-corrected chi connectivity index (χ1v) is 6.70. The highest BCUT2D eigenvalue weighted by Crippen LogP contribution is 2.27. The second-order valence-electron chi connectivity index (χ2n) is 3.49. The van der Waals surface area contributed by atoms with Crippen LogP contribution in [-0.2, 0) is 6.54 Å². The molecule has 0 fully saturated rings. The molecule has 17 heavy (non-hydrogen) atoms. The van der Waals surface area contributed by atoms with Crippen molar-refractivity contribution in [2.24, 2.45) is 0 Å². The molecular weight excluding hydrogens is 374 g/mol. The van der Waals surface area contributed by atoms with E-state index >= 15 is 0 Å². The van der Waals surface area contributed by atoms with Crippen LogP contribution in [0, 0.1) is 10.7 Å². The van der Waals surface area contributed by atoms with E-state index in [0.29, 0.717) is 16.9 Å². The standard InChI is InChI=1S/C11H9Cl2IN2O/c1-6-4-8(12)16-11(13)10(6)15-5-7-2-3-9(14)17-7/h2-4,15H,5H2,1H3. The molecule has 0 atom stereocenters. The smallest absolute Gasteiger partial charge is 0.164 e. The van der Waals surface area contributed by atoms with Crippen molar-refractivity contribution in [3.63, 3.8) is 0 Å². The van der Waals surface area contributed by atoms with Gasteiger partial charge in [0, 0.05) is 0 Å². The number of nitrogens with zero attached hydrogens (tertiary/aromatic N) is 1. The lowest BCUT2D eigenvalue weighted by Gasteiger charge is -2.09. The molecule has 1 N–H and O–H groups in total. The number of hydrogen-bond donors (Lipinski definition) is 1. The number of hydrogen-bond acceptors (Lipinski definition) is 3. The van der Waals surface area contributed by atoms with Crippen LogP contribution in [0.3, 0.4) is 0 Å². The Morgan fingerprint density at radius 2 is 2.18 bits per heavy atom. The van der Waals surface area contributed by atoms with E-state index in [4.69, 9.17) is 27.6 Å². The van der Waals surface area contributed by atoms with Gasteiger partial charge in [0.1, 0.15) is 10.9 Å². The molecule has 0 aliphatic heterocycles. The highest BCUT2D eigenvalue weighted by molar-refractivity contribution is 14.1. The lowest BCUT2D eigenvalue weighted by molar-refractivity contribution is 0.493. The predicted octanol–water partition coefficient (Wildman–Crippen LogP) is 4.51. The summed E-state index contributed by atoms with van der Waals surface area (Å²) in [6.07, 6.45) is 0. The van der Waals surface area contributed by atoms with Gasteiger partial charge >= 0.3 is 0 Å². The second kappa shape index (κ2) is 5.46. The fourth-order valence-corrected chi connectivity index (χ4v) is 2.49. The van der Waals surface area contributed by atoms with Crippen LogP contribution in [0.4, 0.5) is 5.69 Å². The van der Waals surface area contributed by atoms with Gasteiger partial charge in [0.05, 0.1) is 12.2 Å². The maximum Gasteiger partial charge on any atom is 0.164 e. The van der Waals surface area contributed by atoms with Crippen molar-refractivity contribution in [1.29, 1.82) is 0 Å². The SMILES string of the molecule is Cc1cc(Cl)nc(Cl)c1NCc1ccc(I)o1. The zero-order valence-electron chi connectivity index (χ0n) is 8.93. The molecule has 2 aromatic rings. The molecule has 0 bridgehead atoms. The summed E-state index contributed by atoms with van der Waals surface area (Å²) in [7, 11) is 0. The lowest BCUT2D eigenvalue weighted by atomic mass is 10.2. The zero-order chi connectivity index (χ0) is 12.4. The van der Waals surface area contributed by atoms with Crippen molar-refractivity contribution in [2.45, 2.75) is 13.5 Å². The summed E-state index contributed by atoms with van der Waals surface area (Å²) in [4.78, 5) is 3.99. The third kappa shape index (κ3) is 3.26. The quantitative estimate of drug-likeness (QED) is 0.627. The van der Waals surface area contributed by atoms with Gasteiger partial charge in [0.25, 0.3) is 0 Å². The Bertz CT molecular complexity index is 519. The minimum absolute atomic E-state index is 0.372. The lowest BCUT2D eigenvalue weighted by Crippen LogP contribution is -2.02. The van der Waals surface area contributed by atoms with Crippen molar-refractivity contribution in [2.75, 3.05) is 5.32 Å². The summed E-state index contributed by atoms with van der Waals surface area (Å²) in [6, 6.07) is 5.59. The number of anilines is 1. The number of rotatable bonds is 3. The van der Waals surface area contributed by atoms with E-state index < -0.39 is 0 Å². The summed E-state index contributed by atoms with van der Waals surface area (Å²) in [5, 5.41) is 3.95. The Balaban J connectivity index is 2.14. The van der Waals surface area contributed by atoms with Crippen LogP contribution < -0.4 is 5.32 Å². The van der Waals surface area contributed by atoms with E-state index in [1.165, 1.54) is 0 Å². The van der Waals surface area contributed by atoms with Crippen LogP contribution in [0.1, 0.15) is 11.3 Å². The van der Waals surface area contributed by atoms with Crippen molar-refractivity contribution < 1.29 is 4.42 Å². The monoisotopic (exact) mass is 382 g/mol. The van der Waals surface area contributed by atoms with Gasteiger partial charge in [-0.05, 0) is 53.3 Å². The van der Waals surface area contributed by atoms with Gasteiger partial charge in [-0.3, -0.25) is 0 Å². The molecule has 0 amide bonds. The van der Waals surface area contributed by atoms with Gasteiger partial charge in [-0.15, -0.1) is 0 Å². The molecule has 0 aromatic carbocycles. The van der Waals surface area contributed by atoms with Gasteiger partial charge in [-0.25, -0.2) is 4.98 Å². The molecule has 3 nitrogen and oxygen atoms in total. The largest absolute Gasteiger partial charge is 0.454 e. The van der Waals surface area contributed by atoms with E-state index in [-0.39, 0.29) is 0 Å². The number of furan rings is 1. The van der Waals surface area contributed by atoms with Crippen LogP contribution in [0.15, 0.2) is 22.6 Å². The molecule has 0 saturated heterocycles. The highest BCUT2D eigenvalue weighted by Gasteiger charge is 2.08. The summed E-state index contributed by atoms with van der Waals surface area (Å²) in [5.41, 5.74) is 1.73. The van der Waals surface area contributed by atoms with Crippen LogP contribution in [0.5, 0.6) is 0 Å². The Hall–Kier alpha value is -0.460. The Kier molecular flexibility index (Phi) is 4.17. The molecule has 0 radical (unpaired) electrons. The van der Waals surface area contributed by atoms with Gasteiger partial charge in [0.15, 0.2) is 8.92 Å². The minimum Gasteiger partial charge on any atom is -0.454 e. The van der Waals surface area contributed by atoms with Gasteiger partial charge < -0.3 is 9.73 Å². The molecular formula is C11H9Cl2IN2O. The van der Waals surface area contributed by atoms with Crippen molar-refractivity contribution in [3.05, 3.63) is 43.6 Å². The van der Waals surface area contributed by atoms with Gasteiger partial charge in [0.2, 0.25) is 0 Å². The Labute approximate surface area is 123 Å². The maximum atomic E-state index is 6.02. The number of aryl methyl sites for hydroxylation is 1. The minimum atomic E-state index is 0.372. The molecule has 0 saturated carbocycles. The summed E-state index contributed by atoms with van der Waals surface area (Å²) in [5.74, 6) is 0.847. The topological polar surface area (TPSA) is 38.1 Å². The predicted molar refractivity (Wildman–Crippen MR) is 77.7 cm³/mol. The van der Waals surface area contributed by atoms with E-state index in [2.05, 4.69) is 32.9 Å². The first-order valence-electron chi connectivity index (χ1n) is 4.87. The zero-order valence-corrected chi connectivity index (χ0v) is 12.6. The summed E-state index contributed by atoms with van der Waals surface area (Å²) < 4.78 is 6.30. The molecule has 2 rings (SSSR count). The van der Waals surface area contributed by atoms with Crippen molar-refractivity contribution >= 4 is 51.5 Å². The van der Waals surface area contributed by atoms with Crippen molar-refractivity contribution in [1.82, 2.24) is 4.98 Å². The molecule has 2 aromatic heterocycles. The van der Waals surface area contributed by atoms with Crippen LogP contribution in [-0.4, -0.2) is 4.98 Å². The molecule has 0 aliphatic carbocycles. The maximum absolute atomic E-state index is 6.02. The van der Waals surface area contributed by atoms with Gasteiger partial charge in [-0.1, -0.05) is 23.2 Å². The number of nitrogens with one attached hydrogen (secondary N) is 1. The Morgan fingerprint density at radius 1 is 1.41 bits per heavy atom. The molecule has 90 valence electrons. The summed E-state index contributed by atoms with van der Waals surface area (Å²) in [6.45, 7) is 2.49.